The zero-order valence-corrected chi connectivity index (χ0v) is 13.8. The number of ketones is 1. The molecule has 0 aromatic heterocycles. The lowest BCUT2D eigenvalue weighted by Crippen LogP contribution is -2.44. The van der Waals surface area contributed by atoms with E-state index in [-0.39, 0.29) is 11.9 Å². The monoisotopic (exact) mass is 305 g/mol. The first-order chi connectivity index (χ1) is 10.2. The molecule has 0 spiro atoms. The van der Waals surface area contributed by atoms with E-state index in [1.54, 1.807) is 23.1 Å². The van der Waals surface area contributed by atoms with Gasteiger partial charge in [0.05, 0.1) is 12.2 Å². The number of anilines is 1. The Bertz CT molecular complexity index is 589. The lowest BCUT2D eigenvalue weighted by molar-refractivity contribution is 0.0551. The molecule has 1 aromatic rings. The molecule has 1 heterocycles. The SMILES string of the molecule is CCC(=O)c1ccc2c(c1)N(C(=O)OC(C)(C)C)CC(C)O2. The van der Waals surface area contributed by atoms with Crippen molar-refractivity contribution in [3.05, 3.63) is 23.8 Å². The molecule has 1 aliphatic heterocycles. The van der Waals surface area contributed by atoms with Crippen molar-refractivity contribution in [3.8, 4) is 5.75 Å². The molecule has 1 unspecified atom stereocenters. The van der Waals surface area contributed by atoms with Crippen molar-refractivity contribution in [1.29, 1.82) is 0 Å². The topological polar surface area (TPSA) is 55.8 Å². The molecule has 120 valence electrons. The summed E-state index contributed by atoms with van der Waals surface area (Å²) in [5.74, 6) is 0.628. The number of nitrogens with zero attached hydrogens (tertiary/aromatic N) is 1. The van der Waals surface area contributed by atoms with Crippen LogP contribution in [0.15, 0.2) is 18.2 Å². The van der Waals surface area contributed by atoms with Gasteiger partial charge < -0.3 is 9.47 Å². The molecule has 0 saturated carbocycles. The van der Waals surface area contributed by atoms with Crippen molar-refractivity contribution in [3.63, 3.8) is 0 Å². The van der Waals surface area contributed by atoms with Crippen LogP contribution in [0.3, 0.4) is 0 Å². The molecule has 5 heteroatoms. The first kappa shape index (κ1) is 16.3. The summed E-state index contributed by atoms with van der Waals surface area (Å²) < 4.78 is 11.2. The van der Waals surface area contributed by atoms with Crippen LogP contribution >= 0.6 is 0 Å². The summed E-state index contributed by atoms with van der Waals surface area (Å²) in [4.78, 5) is 25.9. The lowest BCUT2D eigenvalue weighted by Gasteiger charge is -2.34. The minimum absolute atomic E-state index is 0.0329. The fourth-order valence-electron chi connectivity index (χ4n) is 2.30. The van der Waals surface area contributed by atoms with Crippen molar-refractivity contribution < 1.29 is 19.1 Å². The largest absolute Gasteiger partial charge is 0.487 e. The number of fused-ring (bicyclic) bond motifs is 1. The molecule has 5 nitrogen and oxygen atoms in total. The molecule has 1 aliphatic rings. The van der Waals surface area contributed by atoms with E-state index in [0.717, 1.165) is 0 Å². The van der Waals surface area contributed by atoms with Gasteiger partial charge in [-0.3, -0.25) is 9.69 Å². The predicted molar refractivity (Wildman–Crippen MR) is 84.7 cm³/mol. The van der Waals surface area contributed by atoms with Gasteiger partial charge in [-0.2, -0.15) is 0 Å². The molecular formula is C17H23NO4. The van der Waals surface area contributed by atoms with Gasteiger partial charge in [0.25, 0.3) is 0 Å². The molecule has 22 heavy (non-hydrogen) atoms. The molecule has 2 rings (SSSR count). The molecule has 0 fully saturated rings. The van der Waals surface area contributed by atoms with Crippen LogP contribution in [-0.2, 0) is 4.74 Å². The highest BCUT2D eigenvalue weighted by Crippen LogP contribution is 2.35. The summed E-state index contributed by atoms with van der Waals surface area (Å²) in [7, 11) is 0. The average molecular weight is 305 g/mol. The third-order valence-electron chi connectivity index (χ3n) is 3.27. The van der Waals surface area contributed by atoms with Gasteiger partial charge in [0.2, 0.25) is 0 Å². The maximum absolute atomic E-state index is 12.4. The van der Waals surface area contributed by atoms with E-state index in [1.165, 1.54) is 0 Å². The van der Waals surface area contributed by atoms with E-state index >= 15 is 0 Å². The Hall–Kier alpha value is -2.04. The predicted octanol–water partition coefficient (Wildman–Crippen LogP) is 3.80. The van der Waals surface area contributed by atoms with Crippen LogP contribution < -0.4 is 9.64 Å². The highest BCUT2D eigenvalue weighted by atomic mass is 16.6. The number of ether oxygens (including phenoxy) is 2. The Morgan fingerprint density at radius 2 is 2.05 bits per heavy atom. The fourth-order valence-corrected chi connectivity index (χ4v) is 2.30. The van der Waals surface area contributed by atoms with E-state index in [2.05, 4.69) is 0 Å². The van der Waals surface area contributed by atoms with Gasteiger partial charge in [-0.05, 0) is 45.9 Å². The highest BCUT2D eigenvalue weighted by Gasteiger charge is 2.31. The molecule has 1 aromatic carbocycles. The zero-order chi connectivity index (χ0) is 16.5. The van der Waals surface area contributed by atoms with E-state index in [1.807, 2.05) is 34.6 Å². The maximum atomic E-state index is 12.4. The molecule has 0 saturated heterocycles. The van der Waals surface area contributed by atoms with Crippen LogP contribution in [0.5, 0.6) is 5.75 Å². The number of hydrogen-bond donors (Lipinski definition) is 0. The Morgan fingerprint density at radius 1 is 1.36 bits per heavy atom. The summed E-state index contributed by atoms with van der Waals surface area (Å²) in [6.07, 6.45) is -0.139. The maximum Gasteiger partial charge on any atom is 0.415 e. The normalized spacial score (nSPS) is 17.5. The van der Waals surface area contributed by atoms with Crippen LogP contribution in [0, 0.1) is 0 Å². The van der Waals surface area contributed by atoms with Crippen molar-refractivity contribution >= 4 is 17.6 Å². The third kappa shape index (κ3) is 3.59. The minimum Gasteiger partial charge on any atom is -0.487 e. The molecule has 0 N–H and O–H groups in total. The van der Waals surface area contributed by atoms with Gasteiger partial charge in [0.15, 0.2) is 5.78 Å². The van der Waals surface area contributed by atoms with E-state index in [4.69, 9.17) is 9.47 Å². The van der Waals surface area contributed by atoms with Crippen molar-refractivity contribution in [1.82, 2.24) is 0 Å². The number of amides is 1. The number of carbonyl (C=O) groups is 2. The second-order valence-electron chi connectivity index (χ2n) is 6.48. The zero-order valence-electron chi connectivity index (χ0n) is 13.8. The molecule has 0 radical (unpaired) electrons. The first-order valence-electron chi connectivity index (χ1n) is 7.55. The summed E-state index contributed by atoms with van der Waals surface area (Å²) in [6.45, 7) is 9.58. The molecular weight excluding hydrogens is 282 g/mol. The Balaban J connectivity index is 2.38. The summed E-state index contributed by atoms with van der Waals surface area (Å²) in [5.41, 5.74) is 0.593. The Morgan fingerprint density at radius 3 is 2.64 bits per heavy atom. The quantitative estimate of drug-likeness (QED) is 0.780. The number of Topliss-reactive ketones (excluding diaryl/α,β-unsaturated/α-hetero) is 1. The van der Waals surface area contributed by atoms with Crippen LogP contribution in [0.4, 0.5) is 10.5 Å². The highest BCUT2D eigenvalue weighted by molar-refractivity contribution is 5.99. The van der Waals surface area contributed by atoms with Gasteiger partial charge in [0, 0.05) is 12.0 Å². The number of carbonyl (C=O) groups excluding carboxylic acids is 2. The van der Waals surface area contributed by atoms with Gasteiger partial charge in [-0.15, -0.1) is 0 Å². The number of rotatable bonds is 2. The van der Waals surface area contributed by atoms with Crippen LogP contribution in [0.2, 0.25) is 0 Å². The van der Waals surface area contributed by atoms with Crippen molar-refractivity contribution in [2.45, 2.75) is 52.7 Å². The van der Waals surface area contributed by atoms with Crippen molar-refractivity contribution in [2.75, 3.05) is 11.4 Å². The van der Waals surface area contributed by atoms with Crippen molar-refractivity contribution in [2.24, 2.45) is 0 Å². The minimum atomic E-state index is -0.574. The fraction of sp³-hybridized carbons (Fsp3) is 0.529. The second-order valence-corrected chi connectivity index (χ2v) is 6.48. The van der Waals surface area contributed by atoms with Gasteiger partial charge in [-0.1, -0.05) is 6.92 Å². The van der Waals surface area contributed by atoms with Crippen LogP contribution in [-0.4, -0.2) is 30.1 Å². The van der Waals surface area contributed by atoms with Gasteiger partial charge >= 0.3 is 6.09 Å². The van der Waals surface area contributed by atoms with Gasteiger partial charge in [0.1, 0.15) is 17.5 Å². The summed E-state index contributed by atoms with van der Waals surface area (Å²) in [5, 5.41) is 0. The molecule has 1 atom stereocenters. The second kappa shape index (κ2) is 5.99. The number of benzene rings is 1. The Kier molecular flexibility index (Phi) is 4.44. The van der Waals surface area contributed by atoms with Crippen LogP contribution in [0.25, 0.3) is 0 Å². The Labute approximate surface area is 131 Å². The smallest absolute Gasteiger partial charge is 0.415 e. The van der Waals surface area contributed by atoms with Crippen LogP contribution in [0.1, 0.15) is 51.4 Å². The third-order valence-corrected chi connectivity index (χ3v) is 3.27. The van der Waals surface area contributed by atoms with Gasteiger partial charge in [-0.25, -0.2) is 4.79 Å². The standard InChI is InChI=1S/C17H23NO4/c1-6-14(19)12-7-8-15-13(9-12)18(10-11(2)21-15)16(20)22-17(3,4)5/h7-9,11H,6,10H2,1-5H3. The molecule has 0 aliphatic carbocycles. The molecule has 1 amide bonds. The molecule has 0 bridgehead atoms. The summed E-state index contributed by atoms with van der Waals surface area (Å²) in [6, 6.07) is 5.18. The average Bonchev–Trinajstić information content (AvgIpc) is 2.43. The van der Waals surface area contributed by atoms with E-state index in [9.17, 15) is 9.59 Å². The first-order valence-corrected chi connectivity index (χ1v) is 7.55. The van der Waals surface area contributed by atoms with E-state index < -0.39 is 11.7 Å². The van der Waals surface area contributed by atoms with E-state index in [0.29, 0.717) is 30.0 Å². The lowest BCUT2D eigenvalue weighted by atomic mass is 10.1. The summed E-state index contributed by atoms with van der Waals surface area (Å²) >= 11 is 0. The number of hydrogen-bond acceptors (Lipinski definition) is 4.